The summed E-state index contributed by atoms with van der Waals surface area (Å²) in [6.07, 6.45) is 4.21. The van der Waals surface area contributed by atoms with Gasteiger partial charge >= 0.3 is 0 Å². The van der Waals surface area contributed by atoms with Gasteiger partial charge < -0.3 is 10.0 Å². The highest BCUT2D eigenvalue weighted by molar-refractivity contribution is 9.10. The van der Waals surface area contributed by atoms with Gasteiger partial charge in [0.05, 0.1) is 4.47 Å². The predicted octanol–water partition coefficient (Wildman–Crippen LogP) is 3.12. The Balaban J connectivity index is 2.17. The first-order valence-corrected chi connectivity index (χ1v) is 8.10. The molecule has 1 aromatic rings. The van der Waals surface area contributed by atoms with Crippen molar-refractivity contribution in [3.8, 4) is 5.75 Å². The van der Waals surface area contributed by atoms with Gasteiger partial charge in [0.25, 0.3) is 5.91 Å². The van der Waals surface area contributed by atoms with E-state index in [0.717, 1.165) is 25.1 Å². The van der Waals surface area contributed by atoms with Crippen LogP contribution in [0.25, 0.3) is 0 Å². The van der Waals surface area contributed by atoms with Crippen molar-refractivity contribution in [1.82, 2.24) is 4.90 Å². The lowest BCUT2D eigenvalue weighted by molar-refractivity contribution is 0.0749. The third kappa shape index (κ3) is 2.83. The smallest absolute Gasteiger partial charge is 0.254 e. The molecule has 1 amide bonds. The van der Waals surface area contributed by atoms with Gasteiger partial charge in [0.15, 0.2) is 0 Å². The molecule has 1 N–H and O–H groups in total. The fourth-order valence-corrected chi connectivity index (χ4v) is 3.26. The van der Waals surface area contributed by atoms with Crippen molar-refractivity contribution in [3.63, 3.8) is 0 Å². The quantitative estimate of drug-likeness (QED) is 0.926. The van der Waals surface area contributed by atoms with Crippen LogP contribution in [0.1, 0.15) is 23.2 Å². The number of aromatic hydroxyl groups is 1. The third-order valence-electron chi connectivity index (χ3n) is 3.19. The van der Waals surface area contributed by atoms with Crippen LogP contribution < -0.4 is 0 Å². The van der Waals surface area contributed by atoms with Gasteiger partial charge in [0.1, 0.15) is 5.75 Å². The van der Waals surface area contributed by atoms with Crippen LogP contribution >= 0.6 is 27.7 Å². The minimum absolute atomic E-state index is 0.0225. The number of amides is 1. The summed E-state index contributed by atoms with van der Waals surface area (Å²) in [5, 5.41) is 9.64. The Morgan fingerprint density at radius 2 is 2.39 bits per heavy atom. The van der Waals surface area contributed by atoms with Gasteiger partial charge in [-0.05, 0) is 53.2 Å². The first kappa shape index (κ1) is 13.7. The molecular formula is C13H16BrNO2S. The maximum atomic E-state index is 12.4. The summed E-state index contributed by atoms with van der Waals surface area (Å²) in [4.78, 5) is 14.3. The molecule has 0 saturated carbocycles. The number of nitrogens with zero attached hydrogens (tertiary/aromatic N) is 1. The average Bonchev–Trinajstić information content (AvgIpc) is 2.80. The van der Waals surface area contributed by atoms with Gasteiger partial charge in [-0.3, -0.25) is 4.79 Å². The Morgan fingerprint density at radius 1 is 1.61 bits per heavy atom. The summed E-state index contributed by atoms with van der Waals surface area (Å²) in [5.74, 6) is 1.12. The lowest BCUT2D eigenvalue weighted by atomic mass is 10.1. The maximum Gasteiger partial charge on any atom is 0.254 e. The number of halogens is 1. The van der Waals surface area contributed by atoms with Crippen molar-refractivity contribution in [2.24, 2.45) is 0 Å². The van der Waals surface area contributed by atoms with Crippen molar-refractivity contribution in [2.75, 3.05) is 18.6 Å². The van der Waals surface area contributed by atoms with Gasteiger partial charge in [-0.2, -0.15) is 11.8 Å². The van der Waals surface area contributed by atoms with Gasteiger partial charge in [-0.15, -0.1) is 0 Å². The number of thioether (sulfide) groups is 1. The molecule has 1 heterocycles. The fourth-order valence-electron chi connectivity index (χ4n) is 2.28. The van der Waals surface area contributed by atoms with E-state index in [2.05, 4.69) is 22.2 Å². The van der Waals surface area contributed by atoms with Crippen molar-refractivity contribution < 1.29 is 9.90 Å². The molecule has 0 radical (unpaired) electrons. The van der Waals surface area contributed by atoms with Gasteiger partial charge in [0, 0.05) is 23.9 Å². The van der Waals surface area contributed by atoms with Crippen molar-refractivity contribution in [3.05, 3.63) is 28.2 Å². The Kier molecular flexibility index (Phi) is 4.56. The second-order valence-electron chi connectivity index (χ2n) is 4.42. The summed E-state index contributed by atoms with van der Waals surface area (Å²) in [6, 6.07) is 5.32. The van der Waals surface area contributed by atoms with E-state index < -0.39 is 0 Å². The Hall–Kier alpha value is -0.680. The van der Waals surface area contributed by atoms with E-state index in [9.17, 15) is 9.90 Å². The molecule has 1 fully saturated rings. The number of carbonyl (C=O) groups is 1. The highest BCUT2D eigenvalue weighted by atomic mass is 79.9. The first-order chi connectivity index (χ1) is 8.63. The van der Waals surface area contributed by atoms with Gasteiger partial charge in [-0.25, -0.2) is 0 Å². The number of hydrogen-bond donors (Lipinski definition) is 1. The number of benzene rings is 1. The molecule has 2 rings (SSSR count). The molecule has 0 aliphatic carbocycles. The molecule has 18 heavy (non-hydrogen) atoms. The van der Waals surface area contributed by atoms with E-state index in [-0.39, 0.29) is 11.7 Å². The van der Waals surface area contributed by atoms with Crippen LogP contribution in [0.2, 0.25) is 0 Å². The fraction of sp³-hybridized carbons (Fsp3) is 0.462. The molecule has 98 valence electrons. The highest BCUT2D eigenvalue weighted by Gasteiger charge is 2.29. The number of likely N-dealkylation sites (tertiary alicyclic amines) is 1. The number of carbonyl (C=O) groups excluding carboxylic acids is 1. The van der Waals surface area contributed by atoms with Crippen LogP contribution in [-0.4, -0.2) is 40.5 Å². The molecule has 3 nitrogen and oxygen atoms in total. The number of hydrogen-bond acceptors (Lipinski definition) is 3. The molecule has 1 atom stereocenters. The Morgan fingerprint density at radius 3 is 3.06 bits per heavy atom. The summed E-state index contributed by atoms with van der Waals surface area (Å²) in [6.45, 7) is 0.820. The summed E-state index contributed by atoms with van der Waals surface area (Å²) >= 11 is 4.99. The van der Waals surface area contributed by atoms with Crippen LogP contribution in [0, 0.1) is 0 Å². The van der Waals surface area contributed by atoms with E-state index in [4.69, 9.17) is 0 Å². The van der Waals surface area contributed by atoms with Crippen LogP contribution in [0.3, 0.4) is 0 Å². The van der Waals surface area contributed by atoms with Crippen LogP contribution in [0.4, 0.5) is 0 Å². The SMILES string of the molecule is CSC[C@H]1CCCN1C(=O)c1ccc(Br)c(O)c1. The topological polar surface area (TPSA) is 40.5 Å². The number of phenolic OH excluding ortho intramolecular Hbond substituents is 1. The van der Waals surface area contributed by atoms with Crippen molar-refractivity contribution in [1.29, 1.82) is 0 Å². The second-order valence-corrected chi connectivity index (χ2v) is 6.18. The number of phenols is 1. The molecule has 5 heteroatoms. The lowest BCUT2D eigenvalue weighted by Gasteiger charge is -2.24. The zero-order valence-corrected chi connectivity index (χ0v) is 12.6. The Labute approximate surface area is 120 Å². The predicted molar refractivity (Wildman–Crippen MR) is 78.2 cm³/mol. The summed E-state index contributed by atoms with van der Waals surface area (Å²) in [5.41, 5.74) is 0.559. The molecule has 0 unspecified atom stereocenters. The van der Waals surface area contributed by atoms with Crippen LogP contribution in [0.15, 0.2) is 22.7 Å². The molecule has 1 saturated heterocycles. The monoisotopic (exact) mass is 329 g/mol. The average molecular weight is 330 g/mol. The standard InChI is InChI=1S/C13H16BrNO2S/c1-18-8-10-3-2-6-15(10)13(17)9-4-5-11(14)12(16)7-9/h4-5,7,10,16H,2-3,6,8H2,1H3/t10-/m1/s1. The van der Waals surface area contributed by atoms with E-state index in [1.54, 1.807) is 23.9 Å². The molecule has 0 aromatic heterocycles. The van der Waals surface area contributed by atoms with Crippen LogP contribution in [0.5, 0.6) is 5.75 Å². The van der Waals surface area contributed by atoms with Crippen LogP contribution in [-0.2, 0) is 0 Å². The highest BCUT2D eigenvalue weighted by Crippen LogP contribution is 2.27. The minimum atomic E-state index is 0.0225. The maximum absolute atomic E-state index is 12.4. The zero-order valence-electron chi connectivity index (χ0n) is 10.2. The summed E-state index contributed by atoms with van der Waals surface area (Å²) in [7, 11) is 0. The van der Waals surface area contributed by atoms with Crippen molar-refractivity contribution in [2.45, 2.75) is 18.9 Å². The molecule has 0 spiro atoms. The second kappa shape index (κ2) is 5.97. The number of rotatable bonds is 3. The van der Waals surface area contributed by atoms with E-state index in [1.807, 2.05) is 4.90 Å². The zero-order chi connectivity index (χ0) is 13.1. The van der Waals surface area contributed by atoms with E-state index in [0.29, 0.717) is 16.1 Å². The van der Waals surface area contributed by atoms with Gasteiger partial charge in [-0.1, -0.05) is 0 Å². The molecular weight excluding hydrogens is 314 g/mol. The molecule has 0 bridgehead atoms. The largest absolute Gasteiger partial charge is 0.507 e. The van der Waals surface area contributed by atoms with Crippen molar-refractivity contribution >= 4 is 33.6 Å². The molecule has 1 aromatic carbocycles. The molecule has 1 aliphatic heterocycles. The third-order valence-corrected chi connectivity index (χ3v) is 4.58. The van der Waals surface area contributed by atoms with Gasteiger partial charge in [0.2, 0.25) is 0 Å². The van der Waals surface area contributed by atoms with E-state index in [1.165, 1.54) is 6.07 Å². The summed E-state index contributed by atoms with van der Waals surface area (Å²) < 4.78 is 0.612. The normalized spacial score (nSPS) is 19.2. The lowest BCUT2D eigenvalue weighted by Crippen LogP contribution is -2.36. The minimum Gasteiger partial charge on any atom is -0.507 e. The van der Waals surface area contributed by atoms with E-state index >= 15 is 0 Å². The molecule has 1 aliphatic rings. The Bertz CT molecular complexity index is 453. The first-order valence-electron chi connectivity index (χ1n) is 5.92.